The van der Waals surface area contributed by atoms with Gasteiger partial charge < -0.3 is 14.9 Å². The number of carboxylic acid groups (broad SMARTS) is 1. The number of carbonyl (C=O) groups is 2. The zero-order valence-electron chi connectivity index (χ0n) is 13.3. The van der Waals surface area contributed by atoms with Gasteiger partial charge in [-0.3, -0.25) is 9.59 Å². The third-order valence-corrected chi connectivity index (χ3v) is 3.11. The Morgan fingerprint density at radius 2 is 2.00 bits per heavy atom. The molecular weight excluding hydrogens is 272 g/mol. The van der Waals surface area contributed by atoms with Gasteiger partial charge in [-0.1, -0.05) is 32.9 Å². The number of nitrogens with zero attached hydrogens (tertiary/aromatic N) is 1. The van der Waals surface area contributed by atoms with Crippen LogP contribution in [0.1, 0.15) is 62.3 Å². The molecule has 0 saturated carbocycles. The van der Waals surface area contributed by atoms with E-state index in [1.165, 1.54) is 0 Å². The molecule has 0 bridgehead atoms. The summed E-state index contributed by atoms with van der Waals surface area (Å²) in [5, 5.41) is 15.6. The molecule has 0 saturated heterocycles. The van der Waals surface area contributed by atoms with Crippen LogP contribution in [0, 0.1) is 12.3 Å². The van der Waals surface area contributed by atoms with Crippen molar-refractivity contribution in [2.45, 2.75) is 59.9 Å². The minimum Gasteiger partial charge on any atom is -0.481 e. The molecule has 1 aromatic rings. The highest BCUT2D eigenvalue weighted by Gasteiger charge is 2.26. The maximum atomic E-state index is 12.4. The quantitative estimate of drug-likeness (QED) is 0.841. The Bertz CT molecular complexity index is 514. The molecule has 0 aliphatic carbocycles. The second kappa shape index (κ2) is 6.74. The Labute approximate surface area is 124 Å². The Kier molecular flexibility index (Phi) is 5.52. The highest BCUT2D eigenvalue weighted by atomic mass is 16.5. The van der Waals surface area contributed by atoms with E-state index >= 15 is 0 Å². The van der Waals surface area contributed by atoms with Crippen LogP contribution in [-0.4, -0.2) is 28.2 Å². The van der Waals surface area contributed by atoms with Gasteiger partial charge in [0.25, 0.3) is 5.91 Å². The molecule has 1 heterocycles. The average molecular weight is 296 g/mol. The topological polar surface area (TPSA) is 92.4 Å². The van der Waals surface area contributed by atoms with Crippen molar-refractivity contribution in [2.24, 2.45) is 5.41 Å². The number of aromatic nitrogens is 1. The fraction of sp³-hybridized carbons (Fsp3) is 0.667. The molecule has 0 radical (unpaired) electrons. The van der Waals surface area contributed by atoms with E-state index in [1.807, 2.05) is 27.7 Å². The van der Waals surface area contributed by atoms with Gasteiger partial charge >= 0.3 is 5.97 Å². The number of carbonyl (C=O) groups excluding carboxylic acids is 1. The molecule has 1 amide bonds. The van der Waals surface area contributed by atoms with Crippen LogP contribution in [0.4, 0.5) is 0 Å². The van der Waals surface area contributed by atoms with E-state index in [9.17, 15) is 9.59 Å². The Morgan fingerprint density at radius 3 is 2.48 bits per heavy atom. The van der Waals surface area contributed by atoms with Crippen LogP contribution < -0.4 is 5.32 Å². The molecule has 0 aliphatic heterocycles. The lowest BCUT2D eigenvalue weighted by molar-refractivity contribution is -0.137. The van der Waals surface area contributed by atoms with Crippen molar-refractivity contribution < 1.29 is 19.2 Å². The first-order chi connectivity index (χ1) is 9.64. The van der Waals surface area contributed by atoms with E-state index in [0.29, 0.717) is 29.9 Å². The predicted molar refractivity (Wildman–Crippen MR) is 78.2 cm³/mol. The lowest BCUT2D eigenvalue weighted by Crippen LogP contribution is -2.39. The van der Waals surface area contributed by atoms with Gasteiger partial charge in [-0.05, 0) is 25.2 Å². The molecule has 0 aliphatic rings. The van der Waals surface area contributed by atoms with Gasteiger partial charge in [-0.15, -0.1) is 0 Å². The Morgan fingerprint density at radius 1 is 1.38 bits per heavy atom. The van der Waals surface area contributed by atoms with Gasteiger partial charge in [0.1, 0.15) is 11.3 Å². The molecule has 118 valence electrons. The molecule has 21 heavy (non-hydrogen) atoms. The van der Waals surface area contributed by atoms with E-state index in [0.717, 1.165) is 0 Å². The lowest BCUT2D eigenvalue weighted by Gasteiger charge is -2.25. The van der Waals surface area contributed by atoms with E-state index in [1.54, 1.807) is 6.92 Å². The zero-order valence-corrected chi connectivity index (χ0v) is 13.3. The number of amides is 1. The smallest absolute Gasteiger partial charge is 0.305 e. The first-order valence-corrected chi connectivity index (χ1v) is 7.12. The molecule has 6 heteroatoms. The first kappa shape index (κ1) is 17.2. The van der Waals surface area contributed by atoms with Crippen LogP contribution in [0.2, 0.25) is 0 Å². The zero-order chi connectivity index (χ0) is 16.2. The van der Waals surface area contributed by atoms with Crippen LogP contribution >= 0.6 is 0 Å². The molecule has 2 N–H and O–H groups in total. The summed E-state index contributed by atoms with van der Waals surface area (Å²) in [7, 11) is 0. The van der Waals surface area contributed by atoms with E-state index in [4.69, 9.17) is 9.63 Å². The minimum atomic E-state index is -0.928. The van der Waals surface area contributed by atoms with Crippen LogP contribution in [0.3, 0.4) is 0 Å². The summed E-state index contributed by atoms with van der Waals surface area (Å²) in [6, 6.07) is -0.422. The SMILES string of the molecule is CCc1noc(C)c1C(=O)NC(CC(=O)O)CC(C)(C)C. The molecule has 1 rings (SSSR count). The minimum absolute atomic E-state index is 0.0787. The second-order valence-electron chi connectivity index (χ2n) is 6.45. The Hall–Kier alpha value is -1.85. The third-order valence-electron chi connectivity index (χ3n) is 3.11. The summed E-state index contributed by atoms with van der Waals surface area (Å²) >= 11 is 0. The standard InChI is InChI=1S/C15H24N2O4/c1-6-11-13(9(2)21-17-11)14(20)16-10(7-12(18)19)8-15(3,4)5/h10H,6-8H2,1-5H3,(H,16,20)(H,18,19). The molecule has 1 aromatic heterocycles. The largest absolute Gasteiger partial charge is 0.481 e. The monoisotopic (exact) mass is 296 g/mol. The van der Waals surface area contributed by atoms with Gasteiger partial charge in [0.2, 0.25) is 0 Å². The summed E-state index contributed by atoms with van der Waals surface area (Å²) in [5.41, 5.74) is 0.932. The number of hydrogen-bond donors (Lipinski definition) is 2. The number of aliphatic carboxylic acids is 1. The normalized spacial score (nSPS) is 13.0. The van der Waals surface area contributed by atoms with Crippen molar-refractivity contribution in [3.8, 4) is 0 Å². The third kappa shape index (κ3) is 5.21. The van der Waals surface area contributed by atoms with Crippen molar-refractivity contribution in [3.63, 3.8) is 0 Å². The first-order valence-electron chi connectivity index (χ1n) is 7.12. The lowest BCUT2D eigenvalue weighted by atomic mass is 9.87. The van der Waals surface area contributed by atoms with Crippen molar-refractivity contribution in [2.75, 3.05) is 0 Å². The summed E-state index contributed by atoms with van der Waals surface area (Å²) < 4.78 is 5.04. The van der Waals surface area contributed by atoms with E-state index < -0.39 is 12.0 Å². The van der Waals surface area contributed by atoms with Gasteiger partial charge in [0, 0.05) is 6.04 Å². The Balaban J connectivity index is 2.89. The average Bonchev–Trinajstić information content (AvgIpc) is 2.66. The van der Waals surface area contributed by atoms with Crippen LogP contribution in [0.5, 0.6) is 0 Å². The fourth-order valence-corrected chi connectivity index (χ4v) is 2.33. The van der Waals surface area contributed by atoms with Gasteiger partial charge in [0.05, 0.1) is 12.1 Å². The fourth-order valence-electron chi connectivity index (χ4n) is 2.33. The highest BCUT2D eigenvalue weighted by molar-refractivity contribution is 5.96. The van der Waals surface area contributed by atoms with Gasteiger partial charge in [-0.25, -0.2) is 0 Å². The highest BCUT2D eigenvalue weighted by Crippen LogP contribution is 2.23. The summed E-state index contributed by atoms with van der Waals surface area (Å²) in [4.78, 5) is 23.4. The molecular formula is C15H24N2O4. The number of rotatable bonds is 6. The van der Waals surface area contributed by atoms with E-state index in [2.05, 4.69) is 10.5 Å². The predicted octanol–water partition coefficient (Wildman–Crippen LogP) is 2.55. The van der Waals surface area contributed by atoms with Crippen LogP contribution in [0.15, 0.2) is 4.52 Å². The van der Waals surface area contributed by atoms with Gasteiger partial charge in [-0.2, -0.15) is 0 Å². The maximum Gasteiger partial charge on any atom is 0.305 e. The number of carboxylic acids is 1. The van der Waals surface area contributed by atoms with Crippen molar-refractivity contribution in [1.82, 2.24) is 10.5 Å². The maximum absolute atomic E-state index is 12.4. The summed E-state index contributed by atoms with van der Waals surface area (Å²) in [6.07, 6.45) is 1.06. The molecule has 0 aromatic carbocycles. The van der Waals surface area contributed by atoms with Crippen LogP contribution in [-0.2, 0) is 11.2 Å². The number of hydrogen-bond acceptors (Lipinski definition) is 4. The van der Waals surface area contributed by atoms with Crippen molar-refractivity contribution in [1.29, 1.82) is 0 Å². The van der Waals surface area contributed by atoms with E-state index in [-0.39, 0.29) is 17.7 Å². The summed E-state index contributed by atoms with van der Waals surface area (Å²) in [6.45, 7) is 9.59. The number of aryl methyl sites for hydroxylation is 2. The molecule has 0 spiro atoms. The molecule has 1 atom stereocenters. The second-order valence-corrected chi connectivity index (χ2v) is 6.45. The molecule has 6 nitrogen and oxygen atoms in total. The number of nitrogens with one attached hydrogen (secondary N) is 1. The van der Waals surface area contributed by atoms with Crippen molar-refractivity contribution >= 4 is 11.9 Å². The molecule has 0 fully saturated rings. The van der Waals surface area contributed by atoms with Gasteiger partial charge in [0.15, 0.2) is 0 Å². The van der Waals surface area contributed by atoms with Crippen LogP contribution in [0.25, 0.3) is 0 Å². The summed E-state index contributed by atoms with van der Waals surface area (Å²) in [5.74, 6) is -0.794. The molecule has 1 unspecified atom stereocenters. The van der Waals surface area contributed by atoms with Crippen molar-refractivity contribution in [3.05, 3.63) is 17.0 Å².